The lowest BCUT2D eigenvalue weighted by molar-refractivity contribution is -0.128. The fourth-order valence-corrected chi connectivity index (χ4v) is 3.73. The van der Waals surface area contributed by atoms with Crippen molar-refractivity contribution in [3.8, 4) is 5.82 Å². The Morgan fingerprint density at radius 2 is 2.04 bits per heavy atom. The Kier molecular flexibility index (Phi) is 4.75. The first kappa shape index (κ1) is 17.5. The van der Waals surface area contributed by atoms with Crippen LogP contribution in [-0.2, 0) is 11.2 Å². The van der Waals surface area contributed by atoms with Crippen LogP contribution in [0.5, 0.6) is 0 Å². The number of hydrogen-bond donors (Lipinski definition) is 0. The predicted octanol–water partition coefficient (Wildman–Crippen LogP) is 2.56. The molecule has 7 nitrogen and oxygen atoms in total. The van der Waals surface area contributed by atoms with Crippen LogP contribution < -0.4 is 5.76 Å². The third-order valence-electron chi connectivity index (χ3n) is 5.20. The maximum absolute atomic E-state index is 12.2. The summed E-state index contributed by atoms with van der Waals surface area (Å²) in [5.74, 6) is 0.633. The molecule has 27 heavy (non-hydrogen) atoms. The van der Waals surface area contributed by atoms with Crippen LogP contribution in [0.4, 0.5) is 0 Å². The molecule has 140 valence electrons. The SMILES string of the molecule is CC(=O)N1CCC[C@@H](Cc2cnc(-n3c(=O)oc4ccccc43)cn2)CC1. The van der Waals surface area contributed by atoms with Gasteiger partial charge in [0.2, 0.25) is 5.91 Å². The van der Waals surface area contributed by atoms with Crippen molar-refractivity contribution in [2.45, 2.75) is 32.6 Å². The van der Waals surface area contributed by atoms with Crippen molar-refractivity contribution in [3.63, 3.8) is 0 Å². The summed E-state index contributed by atoms with van der Waals surface area (Å²) in [5.41, 5.74) is 2.11. The largest absolute Gasteiger partial charge is 0.425 e. The maximum Gasteiger partial charge on any atom is 0.425 e. The number of rotatable bonds is 3. The maximum atomic E-state index is 12.2. The number of carbonyl (C=O) groups excluding carboxylic acids is 1. The molecule has 0 N–H and O–H groups in total. The van der Waals surface area contributed by atoms with Gasteiger partial charge in [-0.1, -0.05) is 12.1 Å². The molecule has 0 bridgehead atoms. The minimum Gasteiger partial charge on any atom is -0.407 e. The summed E-state index contributed by atoms with van der Waals surface area (Å²) < 4.78 is 6.69. The van der Waals surface area contributed by atoms with Gasteiger partial charge in [-0.15, -0.1) is 0 Å². The fraction of sp³-hybridized carbons (Fsp3) is 0.400. The van der Waals surface area contributed by atoms with Crippen LogP contribution >= 0.6 is 0 Å². The molecule has 4 rings (SSSR count). The molecule has 3 heterocycles. The molecule has 1 atom stereocenters. The zero-order valence-corrected chi connectivity index (χ0v) is 15.3. The molecular formula is C20H22N4O3. The average Bonchev–Trinajstić information content (AvgIpc) is 2.83. The number of amides is 1. The van der Waals surface area contributed by atoms with E-state index in [2.05, 4.69) is 9.97 Å². The van der Waals surface area contributed by atoms with E-state index in [1.807, 2.05) is 23.1 Å². The van der Waals surface area contributed by atoms with E-state index in [1.54, 1.807) is 25.4 Å². The van der Waals surface area contributed by atoms with E-state index in [4.69, 9.17) is 4.42 Å². The second-order valence-corrected chi connectivity index (χ2v) is 7.04. The van der Waals surface area contributed by atoms with Crippen LogP contribution in [0, 0.1) is 5.92 Å². The van der Waals surface area contributed by atoms with Gasteiger partial charge in [-0.3, -0.25) is 9.78 Å². The predicted molar refractivity (Wildman–Crippen MR) is 101 cm³/mol. The Balaban J connectivity index is 1.50. The summed E-state index contributed by atoms with van der Waals surface area (Å²) >= 11 is 0. The Morgan fingerprint density at radius 3 is 2.81 bits per heavy atom. The number of carbonyl (C=O) groups is 1. The quantitative estimate of drug-likeness (QED) is 0.712. The molecule has 1 aliphatic rings. The molecule has 0 aliphatic carbocycles. The molecule has 1 amide bonds. The lowest BCUT2D eigenvalue weighted by atomic mass is 9.95. The van der Waals surface area contributed by atoms with Crippen molar-refractivity contribution >= 4 is 17.0 Å². The highest BCUT2D eigenvalue weighted by Crippen LogP contribution is 2.21. The van der Waals surface area contributed by atoms with Gasteiger partial charge in [0.1, 0.15) is 0 Å². The standard InChI is InChI=1S/C20H22N4O3/c1-14(25)23-9-4-5-15(8-10-23)11-16-12-22-19(13-21-16)24-17-6-2-3-7-18(17)27-20(24)26/h2-3,6-7,12-13,15H,4-5,8-11H2,1H3/t15-/m1/s1. The Hall–Kier alpha value is -2.96. The fourth-order valence-electron chi connectivity index (χ4n) is 3.73. The third kappa shape index (κ3) is 3.63. The summed E-state index contributed by atoms with van der Waals surface area (Å²) in [6.07, 6.45) is 7.27. The van der Waals surface area contributed by atoms with E-state index >= 15 is 0 Å². The number of aromatic nitrogens is 3. The first-order valence-corrected chi connectivity index (χ1v) is 9.29. The van der Waals surface area contributed by atoms with Crippen molar-refractivity contribution in [1.29, 1.82) is 0 Å². The van der Waals surface area contributed by atoms with Crippen molar-refractivity contribution in [3.05, 3.63) is 52.9 Å². The monoisotopic (exact) mass is 366 g/mol. The third-order valence-corrected chi connectivity index (χ3v) is 5.20. The summed E-state index contributed by atoms with van der Waals surface area (Å²) in [4.78, 5) is 34.6. The summed E-state index contributed by atoms with van der Waals surface area (Å²) in [7, 11) is 0. The zero-order valence-electron chi connectivity index (χ0n) is 15.3. The molecule has 1 fully saturated rings. The first-order valence-electron chi connectivity index (χ1n) is 9.29. The van der Waals surface area contributed by atoms with Gasteiger partial charge in [-0.25, -0.2) is 14.3 Å². The van der Waals surface area contributed by atoms with E-state index in [-0.39, 0.29) is 5.91 Å². The normalized spacial score (nSPS) is 17.8. The van der Waals surface area contributed by atoms with Gasteiger partial charge in [0.15, 0.2) is 11.4 Å². The van der Waals surface area contributed by atoms with Crippen molar-refractivity contribution in [2.75, 3.05) is 13.1 Å². The van der Waals surface area contributed by atoms with Crippen molar-refractivity contribution < 1.29 is 9.21 Å². The Bertz CT molecular complexity index is 1010. The Morgan fingerprint density at radius 1 is 1.19 bits per heavy atom. The highest BCUT2D eigenvalue weighted by atomic mass is 16.4. The molecule has 0 unspecified atom stereocenters. The lowest BCUT2D eigenvalue weighted by Gasteiger charge is -2.18. The number of fused-ring (bicyclic) bond motifs is 1. The van der Waals surface area contributed by atoms with Gasteiger partial charge in [-0.2, -0.15) is 0 Å². The van der Waals surface area contributed by atoms with Crippen LogP contribution in [0.25, 0.3) is 16.9 Å². The highest BCUT2D eigenvalue weighted by Gasteiger charge is 2.19. The first-order chi connectivity index (χ1) is 13.1. The molecule has 1 aromatic carbocycles. The van der Waals surface area contributed by atoms with E-state index in [1.165, 1.54) is 4.57 Å². The van der Waals surface area contributed by atoms with E-state index in [0.717, 1.165) is 44.5 Å². The number of oxazole rings is 1. The average molecular weight is 366 g/mol. The van der Waals surface area contributed by atoms with Crippen LogP contribution in [0.1, 0.15) is 31.9 Å². The molecule has 1 aliphatic heterocycles. The number of likely N-dealkylation sites (tertiary alicyclic amines) is 1. The van der Waals surface area contributed by atoms with Crippen molar-refractivity contribution in [2.24, 2.45) is 5.92 Å². The van der Waals surface area contributed by atoms with Crippen LogP contribution in [0.15, 0.2) is 45.9 Å². The minimum absolute atomic E-state index is 0.151. The van der Waals surface area contributed by atoms with Gasteiger partial charge in [0.05, 0.1) is 23.6 Å². The highest BCUT2D eigenvalue weighted by molar-refractivity contribution is 5.74. The topological polar surface area (TPSA) is 81.2 Å². The molecule has 0 saturated carbocycles. The van der Waals surface area contributed by atoms with Gasteiger partial charge in [0.25, 0.3) is 0 Å². The minimum atomic E-state index is -0.466. The second kappa shape index (κ2) is 7.34. The van der Waals surface area contributed by atoms with Gasteiger partial charge < -0.3 is 9.32 Å². The zero-order chi connectivity index (χ0) is 18.8. The van der Waals surface area contributed by atoms with Gasteiger partial charge in [0, 0.05) is 20.0 Å². The molecule has 1 saturated heterocycles. The molecule has 0 radical (unpaired) electrons. The number of nitrogens with zero attached hydrogens (tertiary/aromatic N) is 4. The molecule has 3 aromatic rings. The second-order valence-electron chi connectivity index (χ2n) is 7.04. The summed E-state index contributed by atoms with van der Waals surface area (Å²) in [5, 5.41) is 0. The van der Waals surface area contributed by atoms with Gasteiger partial charge in [-0.05, 0) is 43.7 Å². The smallest absolute Gasteiger partial charge is 0.407 e. The van der Waals surface area contributed by atoms with E-state index in [9.17, 15) is 9.59 Å². The van der Waals surface area contributed by atoms with Gasteiger partial charge >= 0.3 is 5.76 Å². The molecule has 7 heteroatoms. The van der Waals surface area contributed by atoms with E-state index < -0.39 is 5.76 Å². The Labute approximate surface area is 156 Å². The summed E-state index contributed by atoms with van der Waals surface area (Å²) in [6, 6.07) is 7.25. The summed E-state index contributed by atoms with van der Waals surface area (Å²) in [6.45, 7) is 3.28. The number of hydrogen-bond acceptors (Lipinski definition) is 5. The molecule has 2 aromatic heterocycles. The van der Waals surface area contributed by atoms with Crippen molar-refractivity contribution in [1.82, 2.24) is 19.4 Å². The van der Waals surface area contributed by atoms with Crippen LogP contribution in [0.2, 0.25) is 0 Å². The molecular weight excluding hydrogens is 344 g/mol. The number of para-hydroxylation sites is 2. The number of benzene rings is 1. The molecule has 0 spiro atoms. The van der Waals surface area contributed by atoms with Crippen LogP contribution in [-0.4, -0.2) is 38.4 Å². The van der Waals surface area contributed by atoms with E-state index in [0.29, 0.717) is 22.8 Å². The van der Waals surface area contributed by atoms with Crippen LogP contribution in [0.3, 0.4) is 0 Å². The lowest BCUT2D eigenvalue weighted by Crippen LogP contribution is -2.29.